The van der Waals surface area contributed by atoms with Crippen LogP contribution in [0.5, 0.6) is 5.75 Å². The topological polar surface area (TPSA) is 76.1 Å². The lowest BCUT2D eigenvalue weighted by atomic mass is 9.95. The van der Waals surface area contributed by atoms with Crippen LogP contribution in [0.1, 0.15) is 35.6 Å². The highest BCUT2D eigenvalue weighted by Crippen LogP contribution is 2.40. The second kappa shape index (κ2) is 8.32. The molecule has 0 aliphatic carbocycles. The number of aliphatic hydroxyl groups excluding tert-OH is 1. The van der Waals surface area contributed by atoms with E-state index in [2.05, 4.69) is 0 Å². The zero-order valence-corrected chi connectivity index (χ0v) is 17.1. The summed E-state index contributed by atoms with van der Waals surface area (Å²) in [6.07, 6.45) is 1.67. The molecular formula is C24H25NO5. The van der Waals surface area contributed by atoms with Gasteiger partial charge in [-0.3, -0.25) is 9.59 Å². The number of Topliss-reactive ketones (excluding diaryl/α,β-unsaturated/α-hetero) is 1. The smallest absolute Gasteiger partial charge is 0.295 e. The second-order valence-corrected chi connectivity index (χ2v) is 7.73. The molecule has 0 bridgehead atoms. The summed E-state index contributed by atoms with van der Waals surface area (Å²) < 4.78 is 10.9. The first-order valence-corrected chi connectivity index (χ1v) is 10.1. The number of likely N-dealkylation sites (tertiary alicyclic amines) is 1. The summed E-state index contributed by atoms with van der Waals surface area (Å²) in [5.41, 5.74) is 2.39. The molecular weight excluding hydrogens is 382 g/mol. The van der Waals surface area contributed by atoms with Crippen LogP contribution in [0.25, 0.3) is 5.76 Å². The van der Waals surface area contributed by atoms with Crippen LogP contribution in [0, 0.1) is 6.92 Å². The SMILES string of the molecule is COc1ccc([C@@H]2C(=C(O)c3ccc(C)cc3)C(=O)C(=O)N2C[C@H]2CCCO2)cc1. The summed E-state index contributed by atoms with van der Waals surface area (Å²) in [6, 6.07) is 13.8. The van der Waals surface area contributed by atoms with Crippen molar-refractivity contribution in [1.82, 2.24) is 4.90 Å². The van der Waals surface area contributed by atoms with Crippen LogP contribution in [0.15, 0.2) is 54.1 Å². The molecule has 2 aromatic carbocycles. The molecule has 0 spiro atoms. The van der Waals surface area contributed by atoms with Crippen molar-refractivity contribution in [2.24, 2.45) is 0 Å². The van der Waals surface area contributed by atoms with Crippen LogP contribution in [0.2, 0.25) is 0 Å². The van der Waals surface area contributed by atoms with Gasteiger partial charge in [-0.15, -0.1) is 0 Å². The van der Waals surface area contributed by atoms with Crippen LogP contribution in [-0.2, 0) is 14.3 Å². The number of carbonyl (C=O) groups excluding carboxylic acids is 2. The van der Waals surface area contributed by atoms with Gasteiger partial charge in [-0.2, -0.15) is 0 Å². The van der Waals surface area contributed by atoms with Crippen molar-refractivity contribution >= 4 is 17.4 Å². The van der Waals surface area contributed by atoms with E-state index in [0.29, 0.717) is 24.5 Å². The summed E-state index contributed by atoms with van der Waals surface area (Å²) in [4.78, 5) is 27.5. The first kappa shape index (κ1) is 20.2. The minimum atomic E-state index is -0.679. The molecule has 6 nitrogen and oxygen atoms in total. The maximum absolute atomic E-state index is 13.0. The van der Waals surface area contributed by atoms with Crippen molar-refractivity contribution < 1.29 is 24.2 Å². The van der Waals surface area contributed by atoms with Crippen LogP contribution >= 0.6 is 0 Å². The molecule has 0 unspecified atom stereocenters. The number of ketones is 1. The van der Waals surface area contributed by atoms with Gasteiger partial charge in [0.05, 0.1) is 24.8 Å². The third kappa shape index (κ3) is 3.71. The normalized spacial score (nSPS) is 23.2. The Bertz CT molecular complexity index is 972. The molecule has 1 N–H and O–H groups in total. The minimum Gasteiger partial charge on any atom is -0.507 e. The molecule has 2 heterocycles. The van der Waals surface area contributed by atoms with Gasteiger partial charge in [0.25, 0.3) is 11.7 Å². The van der Waals surface area contributed by atoms with Gasteiger partial charge in [0.1, 0.15) is 11.5 Å². The molecule has 4 rings (SSSR count). The summed E-state index contributed by atoms with van der Waals surface area (Å²) in [5.74, 6) is -0.774. The van der Waals surface area contributed by atoms with E-state index >= 15 is 0 Å². The number of hydrogen-bond donors (Lipinski definition) is 1. The number of amides is 1. The Morgan fingerprint density at radius 1 is 1.13 bits per heavy atom. The largest absolute Gasteiger partial charge is 0.507 e. The monoisotopic (exact) mass is 407 g/mol. The summed E-state index contributed by atoms with van der Waals surface area (Å²) >= 11 is 0. The Hall–Kier alpha value is -3.12. The zero-order chi connectivity index (χ0) is 21.3. The van der Waals surface area contributed by atoms with E-state index in [1.165, 1.54) is 4.90 Å². The molecule has 2 saturated heterocycles. The van der Waals surface area contributed by atoms with Crippen molar-refractivity contribution in [3.8, 4) is 5.75 Å². The highest BCUT2D eigenvalue weighted by atomic mass is 16.5. The Kier molecular flexibility index (Phi) is 5.59. The number of methoxy groups -OCH3 is 1. The van der Waals surface area contributed by atoms with Gasteiger partial charge in [0.2, 0.25) is 0 Å². The standard InChI is InChI=1S/C24H25NO5/c1-15-5-7-17(8-6-15)22(26)20-21(16-9-11-18(29-2)12-10-16)25(24(28)23(20)27)14-19-4-3-13-30-19/h5-12,19,21,26H,3-4,13-14H2,1-2H3/t19-,21-/m1/s1. The fourth-order valence-electron chi connectivity index (χ4n) is 4.08. The number of aryl methyl sites for hydroxylation is 1. The van der Waals surface area contributed by atoms with Crippen molar-refractivity contribution in [2.75, 3.05) is 20.3 Å². The number of aliphatic hydroxyl groups is 1. The second-order valence-electron chi connectivity index (χ2n) is 7.73. The van der Waals surface area contributed by atoms with E-state index in [-0.39, 0.29) is 17.4 Å². The Morgan fingerprint density at radius 2 is 1.83 bits per heavy atom. The quantitative estimate of drug-likeness (QED) is 0.466. The predicted octanol–water partition coefficient (Wildman–Crippen LogP) is 3.60. The average molecular weight is 407 g/mol. The number of rotatable bonds is 5. The van der Waals surface area contributed by atoms with Gasteiger partial charge < -0.3 is 19.5 Å². The van der Waals surface area contributed by atoms with E-state index in [1.54, 1.807) is 31.4 Å². The number of benzene rings is 2. The van der Waals surface area contributed by atoms with Gasteiger partial charge >= 0.3 is 0 Å². The lowest BCUT2D eigenvalue weighted by Crippen LogP contribution is -2.36. The molecule has 6 heteroatoms. The number of hydrogen-bond acceptors (Lipinski definition) is 5. The fourth-order valence-corrected chi connectivity index (χ4v) is 4.08. The van der Waals surface area contributed by atoms with E-state index in [1.807, 2.05) is 31.2 Å². The highest BCUT2D eigenvalue weighted by Gasteiger charge is 2.47. The lowest BCUT2D eigenvalue weighted by Gasteiger charge is -2.27. The van der Waals surface area contributed by atoms with Gasteiger partial charge in [-0.25, -0.2) is 0 Å². The number of carbonyl (C=O) groups is 2. The van der Waals surface area contributed by atoms with Crippen molar-refractivity contribution in [2.45, 2.75) is 31.9 Å². The third-order valence-electron chi connectivity index (χ3n) is 5.72. The molecule has 2 aliphatic heterocycles. The Labute approximate surface area is 175 Å². The van der Waals surface area contributed by atoms with Gasteiger partial charge in [0, 0.05) is 18.7 Å². The van der Waals surface area contributed by atoms with Crippen LogP contribution in [0.3, 0.4) is 0 Å². The molecule has 30 heavy (non-hydrogen) atoms. The summed E-state index contributed by atoms with van der Waals surface area (Å²) in [6.45, 7) is 2.92. The molecule has 156 valence electrons. The van der Waals surface area contributed by atoms with Crippen LogP contribution < -0.4 is 4.74 Å². The van der Waals surface area contributed by atoms with Crippen molar-refractivity contribution in [1.29, 1.82) is 0 Å². The van der Waals surface area contributed by atoms with Crippen LogP contribution in [0.4, 0.5) is 0 Å². The molecule has 1 amide bonds. The van der Waals surface area contributed by atoms with Gasteiger partial charge in [-0.1, -0.05) is 42.0 Å². The number of ether oxygens (including phenoxy) is 2. The zero-order valence-electron chi connectivity index (χ0n) is 17.1. The first-order valence-electron chi connectivity index (χ1n) is 10.1. The van der Waals surface area contributed by atoms with E-state index in [9.17, 15) is 14.7 Å². The lowest BCUT2D eigenvalue weighted by molar-refractivity contribution is -0.140. The van der Waals surface area contributed by atoms with Crippen molar-refractivity contribution in [3.63, 3.8) is 0 Å². The maximum atomic E-state index is 13.0. The molecule has 2 aliphatic rings. The highest BCUT2D eigenvalue weighted by molar-refractivity contribution is 6.46. The van der Waals surface area contributed by atoms with E-state index in [4.69, 9.17) is 9.47 Å². The average Bonchev–Trinajstić information content (AvgIpc) is 3.36. The molecule has 0 radical (unpaired) electrons. The minimum absolute atomic E-state index is 0.104. The summed E-state index contributed by atoms with van der Waals surface area (Å²) in [5, 5.41) is 11.0. The van der Waals surface area contributed by atoms with E-state index in [0.717, 1.165) is 24.0 Å². The van der Waals surface area contributed by atoms with Crippen LogP contribution in [-0.4, -0.2) is 48.1 Å². The third-order valence-corrected chi connectivity index (χ3v) is 5.72. The Morgan fingerprint density at radius 3 is 2.43 bits per heavy atom. The molecule has 2 aromatic rings. The molecule has 2 fully saturated rings. The van der Waals surface area contributed by atoms with Gasteiger partial charge in [-0.05, 0) is 37.5 Å². The van der Waals surface area contributed by atoms with E-state index < -0.39 is 17.7 Å². The first-order chi connectivity index (χ1) is 14.5. The predicted molar refractivity (Wildman–Crippen MR) is 112 cm³/mol. The molecule has 0 aromatic heterocycles. The Balaban J connectivity index is 1.80. The van der Waals surface area contributed by atoms with Crippen molar-refractivity contribution in [3.05, 3.63) is 70.8 Å². The summed E-state index contributed by atoms with van der Waals surface area (Å²) in [7, 11) is 1.58. The fraction of sp³-hybridized carbons (Fsp3) is 0.333. The molecule has 0 saturated carbocycles. The molecule has 2 atom stereocenters. The number of nitrogens with zero attached hydrogens (tertiary/aromatic N) is 1. The van der Waals surface area contributed by atoms with Gasteiger partial charge in [0.15, 0.2) is 0 Å². The maximum Gasteiger partial charge on any atom is 0.295 e.